The van der Waals surface area contributed by atoms with E-state index in [1.807, 2.05) is 6.92 Å². The van der Waals surface area contributed by atoms with Gasteiger partial charge in [0.15, 0.2) is 0 Å². The highest BCUT2D eigenvalue weighted by atomic mass is 19.1. The molecule has 0 heterocycles. The largest absolute Gasteiger partial charge is 0.392 e. The number of ether oxygens (including phenoxy) is 1. The standard InChI is InChI=1S/C15H22FNO3/c1-11(4-3-7-20-2)15(19)17-9-12-5-6-14(16)13(8-12)10-18/h5-6,8,11,18H,3-4,7,9-10H2,1-2H3,(H,17,19). The lowest BCUT2D eigenvalue weighted by Crippen LogP contribution is -2.28. The van der Waals surface area contributed by atoms with Crippen molar-refractivity contribution >= 4 is 5.91 Å². The maximum atomic E-state index is 13.2. The Morgan fingerprint density at radius 2 is 2.25 bits per heavy atom. The normalized spacial score (nSPS) is 12.2. The second kappa shape index (κ2) is 8.66. The number of rotatable bonds is 8. The summed E-state index contributed by atoms with van der Waals surface area (Å²) in [6.07, 6.45) is 1.61. The molecule has 5 heteroatoms. The molecule has 0 bridgehead atoms. The molecule has 0 aromatic heterocycles. The van der Waals surface area contributed by atoms with E-state index < -0.39 is 5.82 Å². The van der Waals surface area contributed by atoms with Crippen LogP contribution in [0.2, 0.25) is 0 Å². The van der Waals surface area contributed by atoms with Crippen LogP contribution in [-0.4, -0.2) is 24.7 Å². The summed E-state index contributed by atoms with van der Waals surface area (Å²) in [7, 11) is 1.64. The smallest absolute Gasteiger partial charge is 0.223 e. The van der Waals surface area contributed by atoms with E-state index in [9.17, 15) is 9.18 Å². The van der Waals surface area contributed by atoms with Crippen LogP contribution >= 0.6 is 0 Å². The summed E-state index contributed by atoms with van der Waals surface area (Å²) in [5.74, 6) is -0.547. The van der Waals surface area contributed by atoms with Crippen molar-refractivity contribution < 1.29 is 19.0 Å². The zero-order chi connectivity index (χ0) is 15.0. The van der Waals surface area contributed by atoms with Gasteiger partial charge in [0.1, 0.15) is 5.82 Å². The Labute approximate surface area is 119 Å². The van der Waals surface area contributed by atoms with Crippen LogP contribution in [0.3, 0.4) is 0 Å². The van der Waals surface area contributed by atoms with E-state index in [2.05, 4.69) is 5.32 Å². The number of nitrogens with one attached hydrogen (secondary N) is 1. The molecule has 1 atom stereocenters. The lowest BCUT2D eigenvalue weighted by molar-refractivity contribution is -0.124. The average Bonchev–Trinajstić information content (AvgIpc) is 2.46. The molecule has 1 unspecified atom stereocenters. The SMILES string of the molecule is COCCCC(C)C(=O)NCc1ccc(F)c(CO)c1. The molecule has 1 amide bonds. The predicted octanol–water partition coefficient (Wildman–Crippen LogP) is 2.00. The van der Waals surface area contributed by atoms with Crippen molar-refractivity contribution in [3.8, 4) is 0 Å². The number of hydrogen-bond acceptors (Lipinski definition) is 3. The third-order valence-corrected chi connectivity index (χ3v) is 3.18. The summed E-state index contributed by atoms with van der Waals surface area (Å²) in [4.78, 5) is 11.9. The van der Waals surface area contributed by atoms with E-state index in [1.54, 1.807) is 19.2 Å². The van der Waals surface area contributed by atoms with Crippen LogP contribution in [0.4, 0.5) is 4.39 Å². The van der Waals surface area contributed by atoms with Gasteiger partial charge in [-0.05, 0) is 30.5 Å². The lowest BCUT2D eigenvalue weighted by Gasteiger charge is -2.12. The van der Waals surface area contributed by atoms with E-state index in [1.165, 1.54) is 6.07 Å². The molecule has 112 valence electrons. The molecular formula is C15H22FNO3. The van der Waals surface area contributed by atoms with Crippen LogP contribution in [0, 0.1) is 11.7 Å². The number of methoxy groups -OCH3 is 1. The second-order valence-electron chi connectivity index (χ2n) is 4.84. The first-order valence-electron chi connectivity index (χ1n) is 6.73. The van der Waals surface area contributed by atoms with E-state index >= 15 is 0 Å². The van der Waals surface area contributed by atoms with Crippen LogP contribution in [-0.2, 0) is 22.7 Å². The van der Waals surface area contributed by atoms with E-state index in [-0.39, 0.29) is 24.0 Å². The van der Waals surface area contributed by atoms with Crippen molar-refractivity contribution in [2.45, 2.75) is 32.9 Å². The minimum absolute atomic E-state index is 0.0315. The van der Waals surface area contributed by atoms with Crippen LogP contribution in [0.1, 0.15) is 30.9 Å². The number of benzene rings is 1. The predicted molar refractivity (Wildman–Crippen MR) is 74.4 cm³/mol. The highest BCUT2D eigenvalue weighted by molar-refractivity contribution is 5.78. The quantitative estimate of drug-likeness (QED) is 0.717. The van der Waals surface area contributed by atoms with Gasteiger partial charge in [0.25, 0.3) is 0 Å². The third-order valence-electron chi connectivity index (χ3n) is 3.18. The average molecular weight is 283 g/mol. The number of aliphatic hydroxyl groups is 1. The molecule has 1 rings (SSSR count). The van der Waals surface area contributed by atoms with Gasteiger partial charge >= 0.3 is 0 Å². The molecule has 20 heavy (non-hydrogen) atoms. The van der Waals surface area contributed by atoms with E-state index in [0.29, 0.717) is 13.2 Å². The third kappa shape index (κ3) is 5.27. The Morgan fingerprint density at radius 1 is 1.50 bits per heavy atom. The van der Waals surface area contributed by atoms with Gasteiger partial charge in [-0.3, -0.25) is 4.79 Å². The number of halogens is 1. The minimum Gasteiger partial charge on any atom is -0.392 e. The summed E-state index contributed by atoms with van der Waals surface area (Å²) < 4.78 is 18.2. The van der Waals surface area contributed by atoms with Crippen molar-refractivity contribution in [3.05, 3.63) is 35.1 Å². The molecule has 4 nitrogen and oxygen atoms in total. The zero-order valence-corrected chi connectivity index (χ0v) is 12.0. The topological polar surface area (TPSA) is 58.6 Å². The number of hydrogen-bond donors (Lipinski definition) is 2. The molecule has 1 aromatic rings. The minimum atomic E-state index is -0.435. The van der Waals surface area contributed by atoms with Crippen molar-refractivity contribution in [2.24, 2.45) is 5.92 Å². The molecule has 0 fully saturated rings. The summed E-state index contributed by atoms with van der Waals surface area (Å²) in [5, 5.41) is 11.8. The zero-order valence-electron chi connectivity index (χ0n) is 12.0. The van der Waals surface area contributed by atoms with Gasteiger partial charge < -0.3 is 15.2 Å². The molecule has 0 aliphatic rings. The lowest BCUT2D eigenvalue weighted by atomic mass is 10.0. The monoisotopic (exact) mass is 283 g/mol. The Bertz CT molecular complexity index is 437. The van der Waals surface area contributed by atoms with Crippen LogP contribution in [0.5, 0.6) is 0 Å². The van der Waals surface area contributed by atoms with Gasteiger partial charge in [0, 0.05) is 31.7 Å². The molecule has 0 aliphatic carbocycles. The molecule has 0 aliphatic heterocycles. The van der Waals surface area contributed by atoms with Gasteiger partial charge in [-0.2, -0.15) is 0 Å². The highest BCUT2D eigenvalue weighted by Crippen LogP contribution is 2.11. The fraction of sp³-hybridized carbons (Fsp3) is 0.533. The van der Waals surface area contributed by atoms with Crippen molar-refractivity contribution in [1.29, 1.82) is 0 Å². The number of amides is 1. The van der Waals surface area contributed by atoms with Gasteiger partial charge in [0.05, 0.1) is 6.61 Å². The molecule has 0 radical (unpaired) electrons. The molecule has 0 saturated heterocycles. The van der Waals surface area contributed by atoms with E-state index in [4.69, 9.17) is 9.84 Å². The highest BCUT2D eigenvalue weighted by Gasteiger charge is 2.12. The van der Waals surface area contributed by atoms with Crippen molar-refractivity contribution in [1.82, 2.24) is 5.32 Å². The Kier molecular flexibility index (Phi) is 7.18. The van der Waals surface area contributed by atoms with Gasteiger partial charge in [0.2, 0.25) is 5.91 Å². The van der Waals surface area contributed by atoms with Gasteiger partial charge in [-0.15, -0.1) is 0 Å². The van der Waals surface area contributed by atoms with Gasteiger partial charge in [-0.25, -0.2) is 4.39 Å². The molecule has 0 saturated carbocycles. The second-order valence-corrected chi connectivity index (χ2v) is 4.84. The molecule has 2 N–H and O–H groups in total. The first-order valence-corrected chi connectivity index (χ1v) is 6.73. The van der Waals surface area contributed by atoms with E-state index in [0.717, 1.165) is 18.4 Å². The molecule has 0 spiro atoms. The fourth-order valence-electron chi connectivity index (χ4n) is 1.89. The van der Waals surface area contributed by atoms with Crippen LogP contribution < -0.4 is 5.32 Å². The number of carbonyl (C=O) groups excluding carboxylic acids is 1. The number of aliphatic hydroxyl groups excluding tert-OH is 1. The van der Waals surface area contributed by atoms with Crippen LogP contribution in [0.15, 0.2) is 18.2 Å². The fourth-order valence-corrected chi connectivity index (χ4v) is 1.89. The van der Waals surface area contributed by atoms with Gasteiger partial charge in [-0.1, -0.05) is 13.0 Å². The van der Waals surface area contributed by atoms with Crippen molar-refractivity contribution in [2.75, 3.05) is 13.7 Å². The maximum absolute atomic E-state index is 13.2. The maximum Gasteiger partial charge on any atom is 0.223 e. The summed E-state index contributed by atoms with van der Waals surface area (Å²) >= 11 is 0. The summed E-state index contributed by atoms with van der Waals surface area (Å²) in [6.45, 7) is 2.51. The summed E-state index contributed by atoms with van der Waals surface area (Å²) in [6, 6.07) is 4.46. The summed E-state index contributed by atoms with van der Waals surface area (Å²) in [5.41, 5.74) is 1.01. The van der Waals surface area contributed by atoms with Crippen LogP contribution in [0.25, 0.3) is 0 Å². The molecular weight excluding hydrogens is 261 g/mol. The Hall–Kier alpha value is -1.46. The number of carbonyl (C=O) groups is 1. The first-order chi connectivity index (χ1) is 9.58. The van der Waals surface area contributed by atoms with Crippen molar-refractivity contribution in [3.63, 3.8) is 0 Å². The Morgan fingerprint density at radius 3 is 2.90 bits per heavy atom. The first kappa shape index (κ1) is 16.6. The Balaban J connectivity index is 2.44. The molecule has 1 aromatic carbocycles.